The van der Waals surface area contributed by atoms with Crippen LogP contribution >= 0.6 is 0 Å². The van der Waals surface area contributed by atoms with E-state index in [1.54, 1.807) is 6.92 Å². The molecule has 0 aliphatic rings. The lowest BCUT2D eigenvalue weighted by molar-refractivity contribution is -0.159. The van der Waals surface area contributed by atoms with Gasteiger partial charge in [0.05, 0.1) is 26.1 Å². The summed E-state index contributed by atoms with van der Waals surface area (Å²) in [6.07, 6.45) is 0.821. The van der Waals surface area contributed by atoms with E-state index in [0.29, 0.717) is 0 Å². The monoisotopic (exact) mass is 216 g/mol. The third kappa shape index (κ3) is 3.53. The molecule has 0 amide bonds. The summed E-state index contributed by atoms with van der Waals surface area (Å²) in [5.74, 6) is -1.50. The summed E-state index contributed by atoms with van der Waals surface area (Å²) < 4.78 is 9.34. The molecule has 0 spiro atoms. The van der Waals surface area contributed by atoms with Crippen molar-refractivity contribution in [2.24, 2.45) is 17.8 Å². The predicted molar refractivity (Wildman–Crippen MR) is 56.1 cm³/mol. The highest BCUT2D eigenvalue weighted by atomic mass is 16.5. The normalized spacial score (nSPS) is 16.3. The fraction of sp³-hybridized carbons (Fsp3) is 0.818. The van der Waals surface area contributed by atoms with E-state index in [-0.39, 0.29) is 17.9 Å². The average molecular weight is 216 g/mol. The quantitative estimate of drug-likeness (QED) is 0.655. The molecular formula is C11H20O4. The molecule has 0 heterocycles. The summed E-state index contributed by atoms with van der Waals surface area (Å²) in [7, 11) is 2.66. The number of methoxy groups -OCH3 is 2. The van der Waals surface area contributed by atoms with Crippen molar-refractivity contribution in [1.82, 2.24) is 0 Å². The summed E-state index contributed by atoms with van der Waals surface area (Å²) in [5.41, 5.74) is 0. The molecule has 0 radical (unpaired) electrons. The van der Waals surface area contributed by atoms with Gasteiger partial charge in [0, 0.05) is 0 Å². The molecule has 15 heavy (non-hydrogen) atoms. The van der Waals surface area contributed by atoms with E-state index >= 15 is 0 Å². The molecule has 3 atom stereocenters. The first-order chi connectivity index (χ1) is 6.99. The van der Waals surface area contributed by atoms with Crippen molar-refractivity contribution in [2.75, 3.05) is 14.2 Å². The lowest BCUT2D eigenvalue weighted by atomic mass is 9.82. The zero-order valence-electron chi connectivity index (χ0n) is 10.1. The van der Waals surface area contributed by atoms with Crippen LogP contribution in [0.5, 0.6) is 0 Å². The van der Waals surface area contributed by atoms with Crippen molar-refractivity contribution in [3.05, 3.63) is 0 Å². The highest BCUT2D eigenvalue weighted by Gasteiger charge is 2.35. The largest absolute Gasteiger partial charge is 0.469 e. The second kappa shape index (κ2) is 6.43. The first-order valence-electron chi connectivity index (χ1n) is 5.15. The van der Waals surface area contributed by atoms with Crippen LogP contribution in [0.1, 0.15) is 27.2 Å². The molecule has 0 fully saturated rings. The fourth-order valence-electron chi connectivity index (χ4n) is 1.65. The van der Waals surface area contributed by atoms with Crippen LogP contribution in [0, 0.1) is 17.8 Å². The Morgan fingerprint density at radius 1 is 1.07 bits per heavy atom. The minimum absolute atomic E-state index is 0.103. The average Bonchev–Trinajstić information content (AvgIpc) is 2.27. The van der Waals surface area contributed by atoms with Crippen LogP contribution in [0.3, 0.4) is 0 Å². The number of carbonyl (C=O) groups is 2. The van der Waals surface area contributed by atoms with Crippen LogP contribution in [0.25, 0.3) is 0 Å². The van der Waals surface area contributed by atoms with Crippen molar-refractivity contribution >= 4 is 11.9 Å². The molecule has 0 aromatic carbocycles. The Kier molecular flexibility index (Phi) is 5.97. The molecule has 3 unspecified atom stereocenters. The zero-order valence-corrected chi connectivity index (χ0v) is 10.1. The van der Waals surface area contributed by atoms with Gasteiger partial charge in [0.15, 0.2) is 0 Å². The van der Waals surface area contributed by atoms with Gasteiger partial charge in [0.1, 0.15) is 0 Å². The topological polar surface area (TPSA) is 52.6 Å². The Morgan fingerprint density at radius 3 is 1.87 bits per heavy atom. The van der Waals surface area contributed by atoms with Crippen molar-refractivity contribution in [3.63, 3.8) is 0 Å². The maximum absolute atomic E-state index is 11.5. The fourth-order valence-corrected chi connectivity index (χ4v) is 1.65. The van der Waals surface area contributed by atoms with Gasteiger partial charge in [0.2, 0.25) is 0 Å². The summed E-state index contributed by atoms with van der Waals surface area (Å²) in [6.45, 7) is 5.60. The minimum atomic E-state index is -0.461. The minimum Gasteiger partial charge on any atom is -0.469 e. The Balaban J connectivity index is 4.77. The molecule has 0 saturated heterocycles. The van der Waals surface area contributed by atoms with Gasteiger partial charge in [-0.25, -0.2) is 0 Å². The first-order valence-corrected chi connectivity index (χ1v) is 5.15. The predicted octanol–water partition coefficient (Wildman–Crippen LogP) is 1.63. The van der Waals surface area contributed by atoms with E-state index in [0.717, 1.165) is 6.42 Å². The van der Waals surface area contributed by atoms with E-state index in [1.807, 2.05) is 13.8 Å². The molecule has 88 valence electrons. The Labute approximate surface area is 90.9 Å². The summed E-state index contributed by atoms with van der Waals surface area (Å²) in [4.78, 5) is 22.9. The molecule has 4 heteroatoms. The van der Waals surface area contributed by atoms with Crippen LogP contribution in [0.2, 0.25) is 0 Å². The second-order valence-corrected chi connectivity index (χ2v) is 3.75. The van der Waals surface area contributed by atoms with Gasteiger partial charge in [-0.05, 0) is 5.92 Å². The number of ether oxygens (including phenoxy) is 2. The summed E-state index contributed by atoms with van der Waals surface area (Å²) in [5, 5.41) is 0. The van der Waals surface area contributed by atoms with Gasteiger partial charge in [-0.1, -0.05) is 27.2 Å². The molecule has 0 aromatic heterocycles. The Hall–Kier alpha value is -1.06. The third-order valence-corrected chi connectivity index (χ3v) is 2.84. The molecule has 0 aliphatic heterocycles. The van der Waals surface area contributed by atoms with E-state index in [9.17, 15) is 9.59 Å². The van der Waals surface area contributed by atoms with E-state index in [2.05, 4.69) is 4.74 Å². The van der Waals surface area contributed by atoms with Crippen molar-refractivity contribution in [1.29, 1.82) is 0 Å². The van der Waals surface area contributed by atoms with Gasteiger partial charge in [-0.15, -0.1) is 0 Å². The lowest BCUT2D eigenvalue weighted by Gasteiger charge is -2.24. The molecule has 0 saturated carbocycles. The highest BCUT2D eigenvalue weighted by Crippen LogP contribution is 2.25. The van der Waals surface area contributed by atoms with Crippen LogP contribution in [-0.4, -0.2) is 26.2 Å². The molecule has 0 aromatic rings. The smallest absolute Gasteiger partial charge is 0.309 e. The van der Waals surface area contributed by atoms with Gasteiger partial charge >= 0.3 is 11.9 Å². The van der Waals surface area contributed by atoms with E-state index < -0.39 is 11.8 Å². The number of hydrogen-bond donors (Lipinski definition) is 0. The Bertz CT molecular complexity index is 225. The molecule has 0 N–H and O–H groups in total. The molecule has 0 rings (SSSR count). The third-order valence-electron chi connectivity index (χ3n) is 2.84. The van der Waals surface area contributed by atoms with Crippen molar-refractivity contribution in [2.45, 2.75) is 27.2 Å². The van der Waals surface area contributed by atoms with Crippen molar-refractivity contribution < 1.29 is 19.1 Å². The summed E-state index contributed by atoms with van der Waals surface area (Å²) >= 11 is 0. The van der Waals surface area contributed by atoms with E-state index in [4.69, 9.17) is 4.74 Å². The number of esters is 2. The van der Waals surface area contributed by atoms with Gasteiger partial charge in [0.25, 0.3) is 0 Å². The highest BCUT2D eigenvalue weighted by molar-refractivity contribution is 5.81. The van der Waals surface area contributed by atoms with Crippen molar-refractivity contribution in [3.8, 4) is 0 Å². The SMILES string of the molecule is CCC(C)C(C(=O)OC)C(C)C(=O)OC. The number of hydrogen-bond acceptors (Lipinski definition) is 4. The maximum Gasteiger partial charge on any atom is 0.309 e. The van der Waals surface area contributed by atoms with E-state index in [1.165, 1.54) is 14.2 Å². The van der Waals surface area contributed by atoms with Crippen LogP contribution in [0.15, 0.2) is 0 Å². The maximum atomic E-state index is 11.5. The lowest BCUT2D eigenvalue weighted by Crippen LogP contribution is -2.34. The standard InChI is InChI=1S/C11H20O4/c1-6-7(2)9(11(13)15-5)8(3)10(12)14-4/h7-9H,6H2,1-5H3. The second-order valence-electron chi connectivity index (χ2n) is 3.75. The first kappa shape index (κ1) is 13.9. The van der Waals surface area contributed by atoms with Gasteiger partial charge in [-0.3, -0.25) is 9.59 Å². The van der Waals surface area contributed by atoms with Gasteiger partial charge < -0.3 is 9.47 Å². The summed E-state index contributed by atoms with van der Waals surface area (Å²) in [6, 6.07) is 0. The molecule has 4 nitrogen and oxygen atoms in total. The number of carbonyl (C=O) groups excluding carboxylic acids is 2. The van der Waals surface area contributed by atoms with Crippen LogP contribution in [-0.2, 0) is 19.1 Å². The van der Waals surface area contributed by atoms with Crippen LogP contribution in [0.4, 0.5) is 0 Å². The molecule has 0 bridgehead atoms. The Morgan fingerprint density at radius 2 is 1.53 bits per heavy atom. The number of rotatable bonds is 5. The molecule has 0 aliphatic carbocycles. The zero-order chi connectivity index (χ0) is 12.0. The van der Waals surface area contributed by atoms with Gasteiger partial charge in [-0.2, -0.15) is 0 Å². The molecular weight excluding hydrogens is 196 g/mol. The van der Waals surface area contributed by atoms with Crippen LogP contribution < -0.4 is 0 Å².